The Balaban J connectivity index is 1.67. The molecule has 1 aromatic rings. The predicted octanol–water partition coefficient (Wildman–Crippen LogP) is 0.605. The first kappa shape index (κ1) is 14.1. The first-order valence-electron chi connectivity index (χ1n) is 7.46. The third kappa shape index (κ3) is 2.78. The first-order valence-corrected chi connectivity index (χ1v) is 7.46. The molecule has 112 valence electrons. The minimum absolute atomic E-state index is 0.0862. The van der Waals surface area contributed by atoms with Gasteiger partial charge in [-0.25, -0.2) is 0 Å². The molecule has 3 N–H and O–H groups in total. The number of aryl methyl sites for hydroxylation is 1. The average molecular weight is 288 g/mol. The topological polar surface area (TPSA) is 78.4 Å². The van der Waals surface area contributed by atoms with Crippen molar-refractivity contribution in [3.05, 3.63) is 35.4 Å². The van der Waals surface area contributed by atoms with Crippen LogP contribution < -0.4 is 10.6 Å². The molecule has 2 amide bonds. The predicted molar refractivity (Wildman–Crippen MR) is 77.5 cm³/mol. The van der Waals surface area contributed by atoms with Gasteiger partial charge in [0.25, 0.3) is 0 Å². The fourth-order valence-corrected chi connectivity index (χ4v) is 3.25. The summed E-state index contributed by atoms with van der Waals surface area (Å²) in [6.45, 7) is 0.190. The molecule has 21 heavy (non-hydrogen) atoms. The Kier molecular flexibility index (Phi) is 3.68. The molecule has 2 unspecified atom stereocenters. The molecule has 1 aromatic carbocycles. The van der Waals surface area contributed by atoms with Crippen LogP contribution in [-0.4, -0.2) is 29.5 Å². The van der Waals surface area contributed by atoms with Crippen LogP contribution in [0.1, 0.15) is 36.8 Å². The Hall–Kier alpha value is -1.88. The lowest BCUT2D eigenvalue weighted by molar-refractivity contribution is -0.126. The van der Waals surface area contributed by atoms with Crippen molar-refractivity contribution in [2.24, 2.45) is 0 Å². The first-order chi connectivity index (χ1) is 10.1. The zero-order valence-electron chi connectivity index (χ0n) is 11.9. The van der Waals surface area contributed by atoms with E-state index in [1.807, 2.05) is 24.3 Å². The Morgan fingerprint density at radius 2 is 2.19 bits per heavy atom. The Bertz CT molecular complexity index is 572. The summed E-state index contributed by atoms with van der Waals surface area (Å²) in [4.78, 5) is 23.2. The normalized spacial score (nSPS) is 27.9. The van der Waals surface area contributed by atoms with E-state index in [-0.39, 0.29) is 18.4 Å². The number of hydrogen-bond acceptors (Lipinski definition) is 3. The van der Waals surface area contributed by atoms with Gasteiger partial charge in [0.15, 0.2) is 0 Å². The van der Waals surface area contributed by atoms with Gasteiger partial charge in [-0.2, -0.15) is 0 Å². The van der Waals surface area contributed by atoms with E-state index in [9.17, 15) is 14.7 Å². The molecule has 2 atom stereocenters. The van der Waals surface area contributed by atoms with Crippen molar-refractivity contribution in [1.29, 1.82) is 0 Å². The standard InChI is InChI=1S/C16H20N2O3/c19-14-8-7-13(18-14)15(20)17-10-16(21)9-3-5-11-4-1-2-6-12(11)16/h1-2,4,6,13,21H,3,5,7-10H2,(H,17,20)(H,18,19). The molecular formula is C16H20N2O3. The van der Waals surface area contributed by atoms with Crippen molar-refractivity contribution in [1.82, 2.24) is 10.6 Å². The van der Waals surface area contributed by atoms with Crippen molar-refractivity contribution < 1.29 is 14.7 Å². The number of fused-ring (bicyclic) bond motifs is 1. The minimum atomic E-state index is -1.01. The summed E-state index contributed by atoms with van der Waals surface area (Å²) in [7, 11) is 0. The monoisotopic (exact) mass is 288 g/mol. The van der Waals surface area contributed by atoms with Gasteiger partial charge in [0.2, 0.25) is 11.8 Å². The number of nitrogens with one attached hydrogen (secondary N) is 2. The highest BCUT2D eigenvalue weighted by Crippen LogP contribution is 2.34. The van der Waals surface area contributed by atoms with Crippen LogP contribution in [0.25, 0.3) is 0 Å². The fraction of sp³-hybridized carbons (Fsp3) is 0.500. The lowest BCUT2D eigenvalue weighted by Crippen LogP contribution is -2.48. The molecule has 5 heteroatoms. The third-order valence-electron chi connectivity index (χ3n) is 4.42. The van der Waals surface area contributed by atoms with Crippen LogP contribution in [0, 0.1) is 0 Å². The van der Waals surface area contributed by atoms with Gasteiger partial charge < -0.3 is 15.7 Å². The van der Waals surface area contributed by atoms with E-state index in [0.29, 0.717) is 19.3 Å². The number of aliphatic hydroxyl groups is 1. The van der Waals surface area contributed by atoms with Crippen molar-refractivity contribution >= 4 is 11.8 Å². The summed E-state index contributed by atoms with van der Waals surface area (Å²) >= 11 is 0. The molecule has 0 bridgehead atoms. The molecule has 1 heterocycles. The Morgan fingerprint density at radius 1 is 1.38 bits per heavy atom. The van der Waals surface area contributed by atoms with Crippen LogP contribution in [0.3, 0.4) is 0 Å². The summed E-state index contributed by atoms with van der Waals surface area (Å²) in [6.07, 6.45) is 3.43. The number of benzene rings is 1. The maximum absolute atomic E-state index is 12.1. The second-order valence-corrected chi connectivity index (χ2v) is 5.92. The molecule has 5 nitrogen and oxygen atoms in total. The van der Waals surface area contributed by atoms with Crippen LogP contribution in [0.2, 0.25) is 0 Å². The molecule has 2 aliphatic rings. The molecule has 0 saturated carbocycles. The number of carbonyl (C=O) groups excluding carboxylic acids is 2. The molecule has 1 fully saturated rings. The minimum Gasteiger partial charge on any atom is -0.383 e. The van der Waals surface area contributed by atoms with Crippen molar-refractivity contribution in [2.45, 2.75) is 43.7 Å². The van der Waals surface area contributed by atoms with Crippen LogP contribution in [0.15, 0.2) is 24.3 Å². The largest absolute Gasteiger partial charge is 0.383 e. The van der Waals surface area contributed by atoms with Gasteiger partial charge in [-0.15, -0.1) is 0 Å². The summed E-state index contributed by atoms with van der Waals surface area (Å²) in [5, 5.41) is 16.3. The van der Waals surface area contributed by atoms with Crippen LogP contribution in [0.4, 0.5) is 0 Å². The molecule has 0 spiro atoms. The van der Waals surface area contributed by atoms with Crippen LogP contribution in [-0.2, 0) is 21.6 Å². The summed E-state index contributed by atoms with van der Waals surface area (Å²) < 4.78 is 0. The van der Waals surface area contributed by atoms with E-state index >= 15 is 0 Å². The lowest BCUT2D eigenvalue weighted by Gasteiger charge is -2.35. The van der Waals surface area contributed by atoms with E-state index in [1.165, 1.54) is 0 Å². The maximum Gasteiger partial charge on any atom is 0.242 e. The zero-order valence-corrected chi connectivity index (χ0v) is 11.9. The second-order valence-electron chi connectivity index (χ2n) is 5.92. The van der Waals surface area contributed by atoms with Crippen LogP contribution >= 0.6 is 0 Å². The average Bonchev–Trinajstić information content (AvgIpc) is 2.92. The molecule has 1 aliphatic carbocycles. The highest BCUT2D eigenvalue weighted by Gasteiger charge is 2.35. The quantitative estimate of drug-likeness (QED) is 0.762. The van der Waals surface area contributed by atoms with Gasteiger partial charge in [0, 0.05) is 6.42 Å². The van der Waals surface area contributed by atoms with Gasteiger partial charge in [-0.3, -0.25) is 9.59 Å². The SMILES string of the molecule is O=C1CCC(C(=O)NCC2(O)CCCc3ccccc32)N1. The summed E-state index contributed by atoms with van der Waals surface area (Å²) in [5.41, 5.74) is 1.05. The van der Waals surface area contributed by atoms with Gasteiger partial charge in [-0.05, 0) is 36.8 Å². The molecular weight excluding hydrogens is 268 g/mol. The van der Waals surface area contributed by atoms with E-state index in [0.717, 1.165) is 24.0 Å². The highest BCUT2D eigenvalue weighted by atomic mass is 16.3. The van der Waals surface area contributed by atoms with Crippen molar-refractivity contribution in [3.8, 4) is 0 Å². The smallest absolute Gasteiger partial charge is 0.242 e. The van der Waals surface area contributed by atoms with Gasteiger partial charge >= 0.3 is 0 Å². The second kappa shape index (κ2) is 5.48. The van der Waals surface area contributed by atoms with Crippen LogP contribution in [0.5, 0.6) is 0 Å². The van der Waals surface area contributed by atoms with E-state index in [4.69, 9.17) is 0 Å². The van der Waals surface area contributed by atoms with Gasteiger partial charge in [0.05, 0.1) is 6.54 Å². The lowest BCUT2D eigenvalue weighted by atomic mass is 9.79. The Labute approximate surface area is 123 Å². The molecule has 1 aliphatic heterocycles. The molecule has 0 radical (unpaired) electrons. The van der Waals surface area contributed by atoms with Crippen molar-refractivity contribution in [3.63, 3.8) is 0 Å². The molecule has 1 saturated heterocycles. The Morgan fingerprint density at radius 3 is 2.95 bits per heavy atom. The number of hydrogen-bond donors (Lipinski definition) is 3. The number of carbonyl (C=O) groups is 2. The maximum atomic E-state index is 12.1. The van der Waals surface area contributed by atoms with Crippen molar-refractivity contribution in [2.75, 3.05) is 6.54 Å². The third-order valence-corrected chi connectivity index (χ3v) is 4.42. The number of amides is 2. The fourth-order valence-electron chi connectivity index (χ4n) is 3.25. The van der Waals surface area contributed by atoms with Gasteiger partial charge in [0.1, 0.15) is 11.6 Å². The summed E-state index contributed by atoms with van der Waals surface area (Å²) in [5.74, 6) is -0.297. The van der Waals surface area contributed by atoms with E-state index in [1.54, 1.807) is 0 Å². The van der Waals surface area contributed by atoms with E-state index < -0.39 is 11.6 Å². The molecule has 3 rings (SSSR count). The van der Waals surface area contributed by atoms with E-state index in [2.05, 4.69) is 10.6 Å². The summed E-state index contributed by atoms with van der Waals surface area (Å²) in [6, 6.07) is 7.38. The zero-order chi connectivity index (χ0) is 14.9. The van der Waals surface area contributed by atoms with Gasteiger partial charge in [-0.1, -0.05) is 24.3 Å². The molecule has 0 aromatic heterocycles. The number of rotatable bonds is 3. The highest BCUT2D eigenvalue weighted by molar-refractivity contribution is 5.90.